The SMILES string of the molecule is c1ccc(-c2ccc(-c3c4ccccc4c(Sc4ccc5ccccc5c4)c4ccncc34)cc2)cc1. The number of pyridine rings is 1. The van der Waals surface area contributed by atoms with E-state index in [1.807, 2.05) is 24.2 Å². The largest absolute Gasteiger partial charge is 0.264 e. The van der Waals surface area contributed by atoms with Crippen LogP contribution in [0.25, 0.3) is 54.6 Å². The topological polar surface area (TPSA) is 12.9 Å². The van der Waals surface area contributed by atoms with Crippen molar-refractivity contribution in [1.29, 1.82) is 0 Å². The van der Waals surface area contributed by atoms with E-state index in [-0.39, 0.29) is 0 Å². The zero-order chi connectivity index (χ0) is 24.6. The molecule has 0 unspecified atom stereocenters. The minimum atomic E-state index is 1.18. The summed E-state index contributed by atoms with van der Waals surface area (Å²) in [5.74, 6) is 0. The van der Waals surface area contributed by atoms with Gasteiger partial charge in [0.2, 0.25) is 0 Å². The van der Waals surface area contributed by atoms with Crippen LogP contribution in [0.4, 0.5) is 0 Å². The van der Waals surface area contributed by atoms with E-state index in [2.05, 4.69) is 132 Å². The van der Waals surface area contributed by atoms with Crippen molar-refractivity contribution < 1.29 is 0 Å². The second kappa shape index (κ2) is 9.24. The van der Waals surface area contributed by atoms with E-state index in [1.165, 1.54) is 64.4 Å². The fraction of sp³-hybridized carbons (Fsp3) is 0. The number of hydrogen-bond donors (Lipinski definition) is 0. The molecule has 0 aliphatic heterocycles. The van der Waals surface area contributed by atoms with E-state index in [4.69, 9.17) is 0 Å². The molecule has 6 aromatic carbocycles. The molecule has 0 fully saturated rings. The van der Waals surface area contributed by atoms with E-state index in [9.17, 15) is 0 Å². The molecule has 0 aliphatic rings. The summed E-state index contributed by atoms with van der Waals surface area (Å²) in [4.78, 5) is 7.06. The van der Waals surface area contributed by atoms with Gasteiger partial charge in [-0.05, 0) is 67.4 Å². The predicted octanol–water partition coefficient (Wildman–Crippen LogP) is 10.0. The van der Waals surface area contributed by atoms with Gasteiger partial charge in [0, 0.05) is 27.6 Å². The Morgan fingerprint density at radius 3 is 1.95 bits per heavy atom. The molecule has 0 saturated heterocycles. The Hall–Kier alpha value is -4.40. The summed E-state index contributed by atoms with van der Waals surface area (Å²) in [5.41, 5.74) is 4.89. The molecule has 37 heavy (non-hydrogen) atoms. The van der Waals surface area contributed by atoms with Crippen molar-refractivity contribution in [2.45, 2.75) is 9.79 Å². The number of rotatable bonds is 4. The first-order chi connectivity index (χ1) is 18.3. The van der Waals surface area contributed by atoms with Crippen LogP contribution in [0.3, 0.4) is 0 Å². The highest BCUT2D eigenvalue weighted by Crippen LogP contribution is 2.45. The first-order valence-electron chi connectivity index (χ1n) is 12.5. The molecule has 174 valence electrons. The summed E-state index contributed by atoms with van der Waals surface area (Å²) >= 11 is 1.84. The lowest BCUT2D eigenvalue weighted by molar-refractivity contribution is 1.36. The molecule has 1 aromatic heterocycles. The molecule has 0 atom stereocenters. The number of fused-ring (bicyclic) bond motifs is 3. The Bertz CT molecular complexity index is 1830. The average molecular weight is 490 g/mol. The van der Waals surface area contributed by atoms with Gasteiger partial charge in [-0.1, -0.05) is 121 Å². The first kappa shape index (κ1) is 21.8. The van der Waals surface area contributed by atoms with Gasteiger partial charge in [0.1, 0.15) is 0 Å². The third-order valence-electron chi connectivity index (χ3n) is 7.00. The third kappa shape index (κ3) is 3.96. The van der Waals surface area contributed by atoms with E-state index < -0.39 is 0 Å². The first-order valence-corrected chi connectivity index (χ1v) is 13.3. The quantitative estimate of drug-likeness (QED) is 0.228. The Balaban J connectivity index is 1.42. The molecule has 2 heteroatoms. The van der Waals surface area contributed by atoms with Crippen LogP contribution in [-0.4, -0.2) is 4.98 Å². The fourth-order valence-corrected chi connectivity index (χ4v) is 6.34. The summed E-state index contributed by atoms with van der Waals surface area (Å²) in [6.45, 7) is 0. The molecule has 0 amide bonds. The number of nitrogens with zero attached hydrogens (tertiary/aromatic N) is 1. The molecule has 0 saturated carbocycles. The van der Waals surface area contributed by atoms with E-state index in [0.717, 1.165) is 0 Å². The van der Waals surface area contributed by atoms with Gasteiger partial charge in [0.15, 0.2) is 0 Å². The van der Waals surface area contributed by atoms with Gasteiger partial charge >= 0.3 is 0 Å². The third-order valence-corrected chi connectivity index (χ3v) is 8.13. The highest BCUT2D eigenvalue weighted by atomic mass is 32.2. The van der Waals surface area contributed by atoms with Gasteiger partial charge in [0.05, 0.1) is 0 Å². The maximum atomic E-state index is 4.55. The van der Waals surface area contributed by atoms with Crippen molar-refractivity contribution in [2.75, 3.05) is 0 Å². The molecular formula is C35H23NS. The summed E-state index contributed by atoms with van der Waals surface area (Å²) in [7, 11) is 0. The summed E-state index contributed by atoms with van der Waals surface area (Å²) in [6.07, 6.45) is 3.93. The molecule has 0 aliphatic carbocycles. The monoisotopic (exact) mass is 489 g/mol. The molecule has 1 heterocycles. The fourth-order valence-electron chi connectivity index (χ4n) is 5.21. The Labute approximate surface area is 220 Å². The molecule has 0 spiro atoms. The van der Waals surface area contributed by atoms with Crippen LogP contribution < -0.4 is 0 Å². The van der Waals surface area contributed by atoms with Gasteiger partial charge in [-0.25, -0.2) is 0 Å². The van der Waals surface area contributed by atoms with Gasteiger partial charge in [-0.15, -0.1) is 0 Å². The Kier molecular flexibility index (Phi) is 5.45. The molecule has 0 N–H and O–H groups in total. The lowest BCUT2D eigenvalue weighted by atomic mass is 9.92. The average Bonchev–Trinajstić information content (AvgIpc) is 2.98. The number of benzene rings is 6. The van der Waals surface area contributed by atoms with Crippen LogP contribution in [-0.2, 0) is 0 Å². The molecule has 7 aromatic rings. The predicted molar refractivity (Wildman–Crippen MR) is 158 cm³/mol. The summed E-state index contributed by atoms with van der Waals surface area (Å²) < 4.78 is 0. The van der Waals surface area contributed by atoms with Crippen molar-refractivity contribution in [3.8, 4) is 22.3 Å². The molecule has 0 bridgehead atoms. The molecule has 7 rings (SSSR count). The van der Waals surface area contributed by atoms with Crippen molar-refractivity contribution >= 4 is 44.1 Å². The van der Waals surface area contributed by atoms with Crippen LogP contribution in [0.2, 0.25) is 0 Å². The highest BCUT2D eigenvalue weighted by molar-refractivity contribution is 7.99. The highest BCUT2D eigenvalue weighted by Gasteiger charge is 2.16. The van der Waals surface area contributed by atoms with Crippen molar-refractivity contribution in [1.82, 2.24) is 4.98 Å². The smallest absolute Gasteiger partial charge is 0.0353 e. The standard InChI is InChI=1S/C35H23NS/c1-2-8-24(9-3-1)26-14-16-27(17-15-26)34-30-12-6-7-13-31(30)35(32-20-21-36-23-33(32)34)37-29-19-18-25-10-4-5-11-28(25)22-29/h1-23H. The van der Waals surface area contributed by atoms with Crippen LogP contribution >= 0.6 is 11.8 Å². The minimum absolute atomic E-state index is 1.18. The number of aromatic nitrogens is 1. The van der Waals surface area contributed by atoms with Crippen LogP contribution in [0.5, 0.6) is 0 Å². The Morgan fingerprint density at radius 2 is 1.11 bits per heavy atom. The second-order valence-electron chi connectivity index (χ2n) is 9.23. The van der Waals surface area contributed by atoms with Gasteiger partial charge in [-0.3, -0.25) is 4.98 Å². The summed E-state index contributed by atoms with van der Waals surface area (Å²) in [5, 5.41) is 7.45. The maximum Gasteiger partial charge on any atom is 0.0353 e. The van der Waals surface area contributed by atoms with E-state index >= 15 is 0 Å². The van der Waals surface area contributed by atoms with E-state index in [1.54, 1.807) is 0 Å². The normalized spacial score (nSPS) is 11.4. The summed E-state index contributed by atoms with van der Waals surface area (Å²) in [6, 6.07) is 45.7. The van der Waals surface area contributed by atoms with Crippen LogP contribution in [0.1, 0.15) is 0 Å². The van der Waals surface area contributed by atoms with Gasteiger partial charge in [0.25, 0.3) is 0 Å². The van der Waals surface area contributed by atoms with Crippen LogP contribution in [0, 0.1) is 0 Å². The van der Waals surface area contributed by atoms with E-state index in [0.29, 0.717) is 0 Å². The number of hydrogen-bond acceptors (Lipinski definition) is 2. The van der Waals surface area contributed by atoms with Crippen molar-refractivity contribution in [3.63, 3.8) is 0 Å². The van der Waals surface area contributed by atoms with Gasteiger partial charge < -0.3 is 0 Å². The zero-order valence-electron chi connectivity index (χ0n) is 20.1. The zero-order valence-corrected chi connectivity index (χ0v) is 21.0. The maximum absolute atomic E-state index is 4.55. The minimum Gasteiger partial charge on any atom is -0.264 e. The molecule has 0 radical (unpaired) electrons. The Morgan fingerprint density at radius 1 is 0.459 bits per heavy atom. The molecular weight excluding hydrogens is 466 g/mol. The van der Waals surface area contributed by atoms with Crippen molar-refractivity contribution in [2.24, 2.45) is 0 Å². The lowest BCUT2D eigenvalue weighted by Crippen LogP contribution is -1.90. The van der Waals surface area contributed by atoms with Crippen molar-refractivity contribution in [3.05, 3.63) is 140 Å². The second-order valence-corrected chi connectivity index (χ2v) is 10.3. The van der Waals surface area contributed by atoms with Crippen LogP contribution in [0.15, 0.2) is 150 Å². The van der Waals surface area contributed by atoms with Gasteiger partial charge in [-0.2, -0.15) is 0 Å². The molecule has 1 nitrogen and oxygen atoms in total. The lowest BCUT2D eigenvalue weighted by Gasteiger charge is -2.17.